The van der Waals surface area contributed by atoms with Gasteiger partial charge in [0.15, 0.2) is 0 Å². The van der Waals surface area contributed by atoms with Crippen LogP contribution in [-0.4, -0.2) is 49.0 Å². The van der Waals surface area contributed by atoms with Gasteiger partial charge in [0.1, 0.15) is 6.04 Å². The molecule has 1 fully saturated rings. The zero-order chi connectivity index (χ0) is 20.1. The summed E-state index contributed by atoms with van der Waals surface area (Å²) in [5.74, 6) is -0.890. The van der Waals surface area contributed by atoms with E-state index in [4.69, 9.17) is 0 Å². The van der Waals surface area contributed by atoms with E-state index in [1.165, 1.54) is 4.31 Å². The van der Waals surface area contributed by atoms with Crippen LogP contribution in [0.25, 0.3) is 0 Å². The number of aliphatic carboxylic acids is 1. The van der Waals surface area contributed by atoms with Crippen molar-refractivity contribution in [3.63, 3.8) is 0 Å². The molecule has 0 aromatic heterocycles. The highest BCUT2D eigenvalue weighted by Gasteiger charge is 2.31. The highest BCUT2D eigenvalue weighted by molar-refractivity contribution is 7.89. The van der Waals surface area contributed by atoms with Gasteiger partial charge in [-0.25, -0.2) is 8.42 Å². The van der Waals surface area contributed by atoms with Crippen LogP contribution < -0.4 is 5.32 Å². The number of carboxylic acids is 1. The Bertz CT molecular complexity index is 890. The third kappa shape index (κ3) is 4.98. The summed E-state index contributed by atoms with van der Waals surface area (Å²) in [6, 6.07) is 15.7. The lowest BCUT2D eigenvalue weighted by atomic mass is 10.0. The van der Waals surface area contributed by atoms with Crippen molar-refractivity contribution in [2.75, 3.05) is 13.1 Å². The minimum absolute atomic E-state index is 0.0192. The van der Waals surface area contributed by atoms with Gasteiger partial charge in [-0.15, -0.1) is 0 Å². The number of hydrogen-bond acceptors (Lipinski definition) is 4. The lowest BCUT2D eigenvalue weighted by Gasteiger charge is -2.33. The molecule has 0 saturated carbocycles. The molecular formula is C21H26N2O4S. The summed E-state index contributed by atoms with van der Waals surface area (Å²) in [7, 11) is -3.51. The normalized spacial score (nSPS) is 17.3. The van der Waals surface area contributed by atoms with Crippen LogP contribution in [-0.2, 0) is 21.2 Å². The summed E-state index contributed by atoms with van der Waals surface area (Å²) in [5, 5.41) is 12.8. The zero-order valence-corrected chi connectivity index (χ0v) is 16.7. The minimum atomic E-state index is -3.51. The Labute approximate surface area is 166 Å². The topological polar surface area (TPSA) is 86.7 Å². The van der Waals surface area contributed by atoms with Gasteiger partial charge in [0, 0.05) is 19.1 Å². The Morgan fingerprint density at radius 2 is 1.71 bits per heavy atom. The SMILES string of the molecule is Cc1ccc(S(=O)(=O)N2CCC(N[C@@H](Cc3ccccc3)C(=O)O)CC2)cc1. The maximum atomic E-state index is 12.8. The van der Waals surface area contributed by atoms with E-state index in [2.05, 4.69) is 5.32 Å². The van der Waals surface area contributed by atoms with E-state index >= 15 is 0 Å². The first-order valence-electron chi connectivity index (χ1n) is 9.46. The van der Waals surface area contributed by atoms with Crippen molar-refractivity contribution in [3.05, 3.63) is 65.7 Å². The van der Waals surface area contributed by atoms with Gasteiger partial charge in [-0.1, -0.05) is 48.0 Å². The molecule has 6 nitrogen and oxygen atoms in total. The lowest BCUT2D eigenvalue weighted by molar-refractivity contribution is -0.139. The second-order valence-electron chi connectivity index (χ2n) is 7.24. The number of nitrogens with zero attached hydrogens (tertiary/aromatic N) is 1. The summed E-state index contributed by atoms with van der Waals surface area (Å²) < 4.78 is 27.1. The summed E-state index contributed by atoms with van der Waals surface area (Å²) >= 11 is 0. The maximum Gasteiger partial charge on any atom is 0.321 e. The van der Waals surface area contributed by atoms with Gasteiger partial charge in [0.25, 0.3) is 0 Å². The molecule has 1 aliphatic heterocycles. The molecule has 3 rings (SSSR count). The van der Waals surface area contributed by atoms with Crippen LogP contribution >= 0.6 is 0 Å². The van der Waals surface area contributed by atoms with Crippen LogP contribution in [0.2, 0.25) is 0 Å². The summed E-state index contributed by atoms with van der Waals surface area (Å²) in [6.45, 7) is 2.68. The van der Waals surface area contributed by atoms with Gasteiger partial charge in [0.2, 0.25) is 10.0 Å². The third-order valence-corrected chi connectivity index (χ3v) is 7.04. The molecule has 150 valence electrons. The van der Waals surface area contributed by atoms with E-state index in [0.717, 1.165) is 11.1 Å². The van der Waals surface area contributed by atoms with Crippen molar-refractivity contribution < 1.29 is 18.3 Å². The summed E-state index contributed by atoms with van der Waals surface area (Å²) in [5.41, 5.74) is 1.97. The molecule has 28 heavy (non-hydrogen) atoms. The van der Waals surface area contributed by atoms with E-state index < -0.39 is 22.0 Å². The first kappa shape index (κ1) is 20.5. The molecule has 0 radical (unpaired) electrons. The van der Waals surface area contributed by atoms with E-state index in [1.54, 1.807) is 24.3 Å². The third-order valence-electron chi connectivity index (χ3n) is 5.13. The van der Waals surface area contributed by atoms with E-state index in [0.29, 0.717) is 37.2 Å². The molecule has 7 heteroatoms. The maximum absolute atomic E-state index is 12.8. The molecule has 1 aliphatic rings. The van der Waals surface area contributed by atoms with Gasteiger partial charge in [-0.3, -0.25) is 4.79 Å². The first-order valence-corrected chi connectivity index (χ1v) is 10.9. The number of carboxylic acid groups (broad SMARTS) is 1. The molecule has 1 saturated heterocycles. The smallest absolute Gasteiger partial charge is 0.321 e. The standard InChI is InChI=1S/C21H26N2O4S/c1-16-7-9-19(10-8-16)28(26,27)23-13-11-18(12-14-23)22-20(21(24)25)15-17-5-3-2-4-6-17/h2-10,18,20,22H,11-15H2,1H3,(H,24,25)/t20-/m0/s1. The van der Waals surface area contributed by atoms with Crippen molar-refractivity contribution >= 4 is 16.0 Å². The van der Waals surface area contributed by atoms with Gasteiger partial charge in [-0.05, 0) is 43.9 Å². The van der Waals surface area contributed by atoms with Gasteiger partial charge >= 0.3 is 5.97 Å². The monoisotopic (exact) mass is 402 g/mol. The van der Waals surface area contributed by atoms with Gasteiger partial charge < -0.3 is 10.4 Å². The molecule has 0 unspecified atom stereocenters. The van der Waals surface area contributed by atoms with Crippen LogP contribution in [0.4, 0.5) is 0 Å². The number of sulfonamides is 1. The molecule has 1 heterocycles. The Morgan fingerprint density at radius 1 is 1.11 bits per heavy atom. The quantitative estimate of drug-likeness (QED) is 0.743. The molecule has 0 amide bonds. The number of carbonyl (C=O) groups is 1. The summed E-state index contributed by atoms with van der Waals surface area (Å²) in [4.78, 5) is 11.9. The van der Waals surface area contributed by atoms with E-state index in [1.807, 2.05) is 37.3 Å². The number of aryl methyl sites for hydroxylation is 1. The number of hydrogen-bond donors (Lipinski definition) is 2. The van der Waals surface area contributed by atoms with Crippen molar-refractivity contribution in [2.24, 2.45) is 0 Å². The van der Waals surface area contributed by atoms with Crippen LogP contribution in [0.1, 0.15) is 24.0 Å². The molecule has 2 aromatic rings. The fraction of sp³-hybridized carbons (Fsp3) is 0.381. The Morgan fingerprint density at radius 3 is 2.29 bits per heavy atom. The Hall–Kier alpha value is -2.22. The Balaban J connectivity index is 1.59. The van der Waals surface area contributed by atoms with Crippen LogP contribution in [0.15, 0.2) is 59.5 Å². The molecule has 0 spiro atoms. The van der Waals surface area contributed by atoms with E-state index in [9.17, 15) is 18.3 Å². The lowest BCUT2D eigenvalue weighted by Crippen LogP contribution is -2.50. The summed E-state index contributed by atoms with van der Waals surface area (Å²) in [6.07, 6.45) is 1.57. The zero-order valence-electron chi connectivity index (χ0n) is 15.9. The van der Waals surface area contributed by atoms with Crippen LogP contribution in [0, 0.1) is 6.92 Å². The second-order valence-corrected chi connectivity index (χ2v) is 9.18. The minimum Gasteiger partial charge on any atom is -0.480 e. The molecule has 2 aromatic carbocycles. The number of piperidine rings is 1. The van der Waals surface area contributed by atoms with Crippen LogP contribution in [0.5, 0.6) is 0 Å². The number of rotatable bonds is 7. The van der Waals surface area contributed by atoms with Gasteiger partial charge in [0.05, 0.1) is 4.90 Å². The highest BCUT2D eigenvalue weighted by Crippen LogP contribution is 2.21. The van der Waals surface area contributed by atoms with Crippen molar-refractivity contribution in [1.29, 1.82) is 0 Å². The average Bonchev–Trinajstić information content (AvgIpc) is 2.69. The van der Waals surface area contributed by atoms with Gasteiger partial charge in [-0.2, -0.15) is 4.31 Å². The molecular weight excluding hydrogens is 376 g/mol. The van der Waals surface area contributed by atoms with Crippen molar-refractivity contribution in [3.8, 4) is 0 Å². The predicted octanol–water partition coefficient (Wildman–Crippen LogP) is 2.43. The van der Waals surface area contributed by atoms with Crippen molar-refractivity contribution in [1.82, 2.24) is 9.62 Å². The van der Waals surface area contributed by atoms with E-state index in [-0.39, 0.29) is 6.04 Å². The number of nitrogens with one attached hydrogen (secondary N) is 1. The second kappa shape index (κ2) is 8.86. The first-order chi connectivity index (χ1) is 13.4. The number of benzene rings is 2. The largest absolute Gasteiger partial charge is 0.480 e. The fourth-order valence-corrected chi connectivity index (χ4v) is 4.94. The van der Waals surface area contributed by atoms with Crippen LogP contribution in [0.3, 0.4) is 0 Å². The Kier molecular flexibility index (Phi) is 6.49. The molecule has 1 atom stereocenters. The molecule has 0 bridgehead atoms. The van der Waals surface area contributed by atoms with Crippen molar-refractivity contribution in [2.45, 2.75) is 43.2 Å². The predicted molar refractivity (Wildman–Crippen MR) is 108 cm³/mol. The molecule has 0 aliphatic carbocycles. The fourth-order valence-electron chi connectivity index (χ4n) is 3.47. The molecule has 2 N–H and O–H groups in total. The highest BCUT2D eigenvalue weighted by atomic mass is 32.2. The average molecular weight is 403 g/mol.